The fraction of sp³-hybridized carbons (Fsp3) is 0.810. The van der Waals surface area contributed by atoms with E-state index in [0.29, 0.717) is 44.0 Å². The molecule has 1 amide bonds. The van der Waals surface area contributed by atoms with Crippen molar-refractivity contribution in [2.45, 2.75) is 65.5 Å². The van der Waals surface area contributed by atoms with Gasteiger partial charge in [0.15, 0.2) is 5.69 Å². The van der Waals surface area contributed by atoms with E-state index in [-0.39, 0.29) is 5.91 Å². The third kappa shape index (κ3) is 4.72. The number of hydrogen-bond acceptors (Lipinski definition) is 4. The monoisotopic (exact) mass is 376 g/mol. The number of aromatic nitrogens is 2. The number of fused-ring (bicyclic) bond motifs is 1. The number of carbonyl (C=O) groups excluding carboxylic acids is 1. The Morgan fingerprint density at radius 1 is 1.33 bits per heavy atom. The van der Waals surface area contributed by atoms with E-state index in [4.69, 9.17) is 9.84 Å². The van der Waals surface area contributed by atoms with Gasteiger partial charge in [-0.2, -0.15) is 5.10 Å². The van der Waals surface area contributed by atoms with Gasteiger partial charge in [0.05, 0.1) is 13.2 Å². The zero-order valence-electron chi connectivity index (χ0n) is 17.5. The largest absolute Gasteiger partial charge is 0.378 e. The molecule has 0 bridgehead atoms. The topological polar surface area (TPSA) is 50.6 Å². The first-order valence-corrected chi connectivity index (χ1v) is 10.7. The molecule has 1 atom stereocenters. The van der Waals surface area contributed by atoms with Crippen molar-refractivity contribution in [3.05, 3.63) is 17.0 Å². The number of amides is 1. The average molecular weight is 377 g/mol. The van der Waals surface area contributed by atoms with Gasteiger partial charge in [-0.05, 0) is 45.2 Å². The van der Waals surface area contributed by atoms with Crippen molar-refractivity contribution < 1.29 is 9.53 Å². The molecule has 0 spiro atoms. The smallest absolute Gasteiger partial charge is 0.274 e. The van der Waals surface area contributed by atoms with Gasteiger partial charge in [0, 0.05) is 36.9 Å². The normalized spacial score (nSPS) is 20.4. The van der Waals surface area contributed by atoms with Gasteiger partial charge in [0.1, 0.15) is 0 Å². The molecule has 27 heavy (non-hydrogen) atoms. The molecule has 0 aromatic carbocycles. The molecular formula is C21H36N4O2. The van der Waals surface area contributed by atoms with Crippen LogP contribution >= 0.6 is 0 Å². The van der Waals surface area contributed by atoms with Gasteiger partial charge in [-0.3, -0.25) is 9.48 Å². The van der Waals surface area contributed by atoms with Crippen molar-refractivity contribution in [1.29, 1.82) is 0 Å². The minimum Gasteiger partial charge on any atom is -0.378 e. The van der Waals surface area contributed by atoms with Crippen molar-refractivity contribution in [3.63, 3.8) is 0 Å². The number of rotatable bonds is 7. The highest BCUT2D eigenvalue weighted by Gasteiger charge is 2.32. The molecule has 1 aliphatic carbocycles. The van der Waals surface area contributed by atoms with Gasteiger partial charge in [-0.1, -0.05) is 27.2 Å². The van der Waals surface area contributed by atoms with Crippen LogP contribution in [-0.4, -0.2) is 71.4 Å². The van der Waals surface area contributed by atoms with Crippen molar-refractivity contribution in [3.8, 4) is 0 Å². The Bertz CT molecular complexity index is 634. The summed E-state index contributed by atoms with van der Waals surface area (Å²) in [5.74, 6) is 0.610. The molecule has 1 fully saturated rings. The molecule has 1 aromatic heterocycles. The Morgan fingerprint density at radius 2 is 2.07 bits per heavy atom. The van der Waals surface area contributed by atoms with Gasteiger partial charge in [0.2, 0.25) is 0 Å². The van der Waals surface area contributed by atoms with E-state index >= 15 is 0 Å². The summed E-state index contributed by atoms with van der Waals surface area (Å²) in [5.41, 5.74) is 3.19. The highest BCUT2D eigenvalue weighted by molar-refractivity contribution is 5.94. The number of ether oxygens (including phenoxy) is 1. The summed E-state index contributed by atoms with van der Waals surface area (Å²) in [6.45, 7) is 11.3. The molecule has 152 valence electrons. The molecule has 0 saturated carbocycles. The molecular weight excluding hydrogens is 340 g/mol. The fourth-order valence-electron chi connectivity index (χ4n) is 4.22. The zero-order chi connectivity index (χ0) is 19.4. The first-order chi connectivity index (χ1) is 13.0. The SMILES string of the molecule is CCCCN(C)C1CCc2c(c(C(=O)N3CCOCC3)nn2CC(C)C)C1. The molecule has 6 heteroatoms. The number of hydrogen-bond donors (Lipinski definition) is 0. The minimum atomic E-state index is 0.0916. The van der Waals surface area contributed by atoms with Crippen LogP contribution < -0.4 is 0 Å². The first kappa shape index (κ1) is 20.3. The van der Waals surface area contributed by atoms with Crippen LogP contribution in [0.2, 0.25) is 0 Å². The molecule has 1 saturated heterocycles. The molecule has 1 aromatic rings. The van der Waals surface area contributed by atoms with Crippen LogP contribution in [0, 0.1) is 5.92 Å². The maximum Gasteiger partial charge on any atom is 0.274 e. The van der Waals surface area contributed by atoms with Crippen LogP contribution in [0.15, 0.2) is 0 Å². The lowest BCUT2D eigenvalue weighted by atomic mass is 9.90. The third-order valence-corrected chi connectivity index (χ3v) is 5.85. The number of nitrogens with zero attached hydrogens (tertiary/aromatic N) is 4. The summed E-state index contributed by atoms with van der Waals surface area (Å²) < 4.78 is 7.54. The maximum atomic E-state index is 13.2. The van der Waals surface area contributed by atoms with Crippen LogP contribution in [-0.2, 0) is 24.1 Å². The standard InChI is InChI=1S/C21H36N4O2/c1-5-6-9-23(4)17-7-8-19-18(14-17)20(22-25(19)15-16(2)3)21(26)24-10-12-27-13-11-24/h16-17H,5-15H2,1-4H3. The number of likely N-dealkylation sites (N-methyl/N-ethyl adjacent to an activating group) is 1. The van der Waals surface area contributed by atoms with Gasteiger partial charge in [-0.15, -0.1) is 0 Å². The van der Waals surface area contributed by atoms with Crippen molar-refractivity contribution >= 4 is 5.91 Å². The van der Waals surface area contributed by atoms with Crippen molar-refractivity contribution in [2.24, 2.45) is 5.92 Å². The molecule has 2 aliphatic rings. The van der Waals surface area contributed by atoms with Crippen LogP contribution in [0.1, 0.15) is 61.8 Å². The van der Waals surface area contributed by atoms with E-state index in [1.165, 1.54) is 24.1 Å². The molecule has 3 rings (SSSR count). The van der Waals surface area contributed by atoms with E-state index in [2.05, 4.69) is 37.4 Å². The van der Waals surface area contributed by atoms with E-state index in [1.807, 2.05) is 4.90 Å². The Kier molecular flexibility index (Phi) is 6.93. The second-order valence-corrected chi connectivity index (χ2v) is 8.49. The van der Waals surface area contributed by atoms with E-state index < -0.39 is 0 Å². The average Bonchev–Trinajstić information content (AvgIpc) is 3.03. The Balaban J connectivity index is 1.85. The highest BCUT2D eigenvalue weighted by atomic mass is 16.5. The summed E-state index contributed by atoms with van der Waals surface area (Å²) in [6.07, 6.45) is 5.56. The summed E-state index contributed by atoms with van der Waals surface area (Å²) in [5, 5.41) is 4.83. The minimum absolute atomic E-state index is 0.0916. The molecule has 1 unspecified atom stereocenters. The zero-order valence-corrected chi connectivity index (χ0v) is 17.5. The molecule has 2 heterocycles. The Hall–Kier alpha value is -1.40. The predicted molar refractivity (Wildman–Crippen MR) is 107 cm³/mol. The first-order valence-electron chi connectivity index (χ1n) is 10.7. The summed E-state index contributed by atoms with van der Waals surface area (Å²) in [6, 6.07) is 0.511. The van der Waals surface area contributed by atoms with Crippen LogP contribution in [0.4, 0.5) is 0 Å². The number of unbranched alkanes of at least 4 members (excludes halogenated alkanes) is 1. The van der Waals surface area contributed by atoms with Gasteiger partial charge in [-0.25, -0.2) is 0 Å². The van der Waals surface area contributed by atoms with Crippen LogP contribution in [0.3, 0.4) is 0 Å². The molecule has 0 N–H and O–H groups in total. The van der Waals surface area contributed by atoms with Crippen molar-refractivity contribution in [2.75, 3.05) is 39.9 Å². The lowest BCUT2D eigenvalue weighted by molar-refractivity contribution is 0.0297. The Morgan fingerprint density at radius 3 is 2.74 bits per heavy atom. The lowest BCUT2D eigenvalue weighted by Gasteiger charge is -2.32. The molecule has 0 radical (unpaired) electrons. The van der Waals surface area contributed by atoms with Gasteiger partial charge in [0.25, 0.3) is 5.91 Å². The predicted octanol–water partition coefficient (Wildman–Crippen LogP) is 2.60. The van der Waals surface area contributed by atoms with E-state index in [1.54, 1.807) is 0 Å². The maximum absolute atomic E-state index is 13.2. The Labute approximate surface area is 163 Å². The number of carbonyl (C=O) groups is 1. The second kappa shape index (κ2) is 9.20. The van der Waals surface area contributed by atoms with Gasteiger partial charge < -0.3 is 14.5 Å². The summed E-state index contributed by atoms with van der Waals surface area (Å²) in [7, 11) is 2.23. The van der Waals surface area contributed by atoms with Crippen LogP contribution in [0.5, 0.6) is 0 Å². The quantitative estimate of drug-likeness (QED) is 0.734. The summed E-state index contributed by atoms with van der Waals surface area (Å²) in [4.78, 5) is 17.6. The molecule has 6 nitrogen and oxygen atoms in total. The lowest BCUT2D eigenvalue weighted by Crippen LogP contribution is -2.42. The van der Waals surface area contributed by atoms with E-state index in [0.717, 1.165) is 32.4 Å². The second-order valence-electron chi connectivity index (χ2n) is 8.49. The number of morpholine rings is 1. The van der Waals surface area contributed by atoms with E-state index in [9.17, 15) is 4.79 Å². The highest BCUT2D eigenvalue weighted by Crippen LogP contribution is 2.29. The third-order valence-electron chi connectivity index (χ3n) is 5.85. The molecule has 1 aliphatic heterocycles. The summed E-state index contributed by atoms with van der Waals surface area (Å²) >= 11 is 0. The van der Waals surface area contributed by atoms with Crippen molar-refractivity contribution in [1.82, 2.24) is 19.6 Å². The van der Waals surface area contributed by atoms with Crippen LogP contribution in [0.25, 0.3) is 0 Å². The van der Waals surface area contributed by atoms with Gasteiger partial charge >= 0.3 is 0 Å². The fourth-order valence-corrected chi connectivity index (χ4v) is 4.22.